The summed E-state index contributed by atoms with van der Waals surface area (Å²) in [6, 6.07) is 16.4. The Morgan fingerprint density at radius 2 is 1.70 bits per heavy atom. The van der Waals surface area contributed by atoms with Crippen LogP contribution in [0.2, 0.25) is 0 Å². The summed E-state index contributed by atoms with van der Waals surface area (Å²) in [4.78, 5) is 13.9. The molecule has 2 aromatic heterocycles. The van der Waals surface area contributed by atoms with Gasteiger partial charge < -0.3 is 10.6 Å². The Morgan fingerprint density at radius 1 is 0.889 bits per heavy atom. The fourth-order valence-electron chi connectivity index (χ4n) is 3.35. The molecule has 4 rings (SSSR count). The fraction of sp³-hybridized carbons (Fsp3) is 0.286. The number of halogens is 1. The van der Waals surface area contributed by atoms with E-state index < -0.39 is 0 Å². The molecule has 1 saturated carbocycles. The van der Waals surface area contributed by atoms with Crippen LogP contribution in [-0.2, 0) is 0 Å². The molecule has 0 spiro atoms. The van der Waals surface area contributed by atoms with E-state index >= 15 is 0 Å². The van der Waals surface area contributed by atoms with Gasteiger partial charge in [0.15, 0.2) is 0 Å². The fourth-order valence-corrected chi connectivity index (χ4v) is 3.87. The van der Waals surface area contributed by atoms with Crippen LogP contribution in [0.3, 0.4) is 0 Å². The second kappa shape index (κ2) is 8.65. The van der Waals surface area contributed by atoms with E-state index in [1.165, 1.54) is 32.1 Å². The molecule has 2 heterocycles. The first-order valence-corrected chi connectivity index (χ1v) is 10.4. The zero-order chi connectivity index (χ0) is 18.5. The topological polar surface area (TPSA) is 62.7 Å². The van der Waals surface area contributed by atoms with Gasteiger partial charge in [0, 0.05) is 21.9 Å². The van der Waals surface area contributed by atoms with Crippen molar-refractivity contribution in [3.05, 3.63) is 58.3 Å². The van der Waals surface area contributed by atoms with Gasteiger partial charge in [0.25, 0.3) is 0 Å². The molecule has 0 radical (unpaired) electrons. The maximum atomic E-state index is 4.74. The van der Waals surface area contributed by atoms with Gasteiger partial charge in [-0.15, -0.1) is 0 Å². The summed E-state index contributed by atoms with van der Waals surface area (Å²) in [5.41, 5.74) is 2.70. The molecule has 6 heteroatoms. The van der Waals surface area contributed by atoms with Crippen LogP contribution in [0.5, 0.6) is 0 Å². The van der Waals surface area contributed by atoms with Crippen molar-refractivity contribution in [3.63, 3.8) is 0 Å². The number of anilines is 3. The monoisotopic (exact) mass is 471 g/mol. The van der Waals surface area contributed by atoms with Gasteiger partial charge in [-0.25, -0.2) is 4.98 Å². The molecule has 5 nitrogen and oxygen atoms in total. The van der Waals surface area contributed by atoms with Crippen molar-refractivity contribution in [1.82, 2.24) is 15.0 Å². The smallest absolute Gasteiger partial charge is 0.225 e. The van der Waals surface area contributed by atoms with Crippen molar-refractivity contribution in [2.24, 2.45) is 0 Å². The summed E-state index contributed by atoms with van der Waals surface area (Å²) in [6.07, 6.45) is 8.01. The molecule has 1 aromatic carbocycles. The Balaban J connectivity index is 1.66. The molecule has 0 atom stereocenters. The van der Waals surface area contributed by atoms with Crippen LogP contribution in [0.15, 0.2) is 54.7 Å². The molecular formula is C21H22IN5. The zero-order valence-corrected chi connectivity index (χ0v) is 17.2. The third-order valence-corrected chi connectivity index (χ3v) is 5.67. The van der Waals surface area contributed by atoms with E-state index in [1.54, 1.807) is 6.20 Å². The number of benzene rings is 1. The maximum absolute atomic E-state index is 4.74. The second-order valence-corrected chi connectivity index (χ2v) is 7.92. The average Bonchev–Trinajstić information content (AvgIpc) is 2.71. The highest BCUT2D eigenvalue weighted by Crippen LogP contribution is 2.26. The Morgan fingerprint density at radius 3 is 2.48 bits per heavy atom. The molecule has 1 aliphatic rings. The van der Waals surface area contributed by atoms with E-state index in [0.29, 0.717) is 12.0 Å². The number of hydrogen-bond donors (Lipinski definition) is 2. The summed E-state index contributed by atoms with van der Waals surface area (Å²) < 4.78 is 1.15. The zero-order valence-electron chi connectivity index (χ0n) is 15.0. The number of nitrogens with zero attached hydrogens (tertiary/aromatic N) is 3. The van der Waals surface area contributed by atoms with Gasteiger partial charge in [0.1, 0.15) is 5.82 Å². The number of para-hydroxylation sites is 1. The molecule has 0 aliphatic heterocycles. The van der Waals surface area contributed by atoms with Crippen molar-refractivity contribution < 1.29 is 0 Å². The van der Waals surface area contributed by atoms with Crippen molar-refractivity contribution in [1.29, 1.82) is 0 Å². The lowest BCUT2D eigenvalue weighted by Gasteiger charge is -2.23. The standard InChI is InChI=1S/C21H22IN5/c22-16-10-4-5-11-17(16)25-20-14-19(18-12-6-7-13-23-18)26-21(27-20)24-15-8-2-1-3-9-15/h4-7,10-15H,1-3,8-9H2,(H2,24,25,26,27). The third-order valence-electron chi connectivity index (χ3n) is 4.73. The molecule has 0 unspecified atom stereocenters. The van der Waals surface area contributed by atoms with Gasteiger partial charge >= 0.3 is 0 Å². The van der Waals surface area contributed by atoms with Gasteiger partial charge in [-0.2, -0.15) is 4.98 Å². The van der Waals surface area contributed by atoms with Crippen molar-refractivity contribution in [2.45, 2.75) is 38.1 Å². The Hall–Kier alpha value is -2.22. The molecule has 3 aromatic rings. The Bertz CT molecular complexity index is 894. The first kappa shape index (κ1) is 18.2. The minimum Gasteiger partial charge on any atom is -0.351 e. The summed E-state index contributed by atoms with van der Waals surface area (Å²) in [5, 5.41) is 6.97. The maximum Gasteiger partial charge on any atom is 0.225 e. The van der Waals surface area contributed by atoms with Crippen LogP contribution >= 0.6 is 22.6 Å². The van der Waals surface area contributed by atoms with Crippen LogP contribution in [-0.4, -0.2) is 21.0 Å². The van der Waals surface area contributed by atoms with E-state index in [0.717, 1.165) is 26.5 Å². The molecular weight excluding hydrogens is 449 g/mol. The Kier molecular flexibility index (Phi) is 5.81. The van der Waals surface area contributed by atoms with Crippen LogP contribution < -0.4 is 10.6 Å². The first-order valence-electron chi connectivity index (χ1n) is 9.36. The van der Waals surface area contributed by atoms with E-state index in [-0.39, 0.29) is 0 Å². The van der Waals surface area contributed by atoms with E-state index in [2.05, 4.69) is 50.3 Å². The lowest BCUT2D eigenvalue weighted by Crippen LogP contribution is -2.23. The van der Waals surface area contributed by atoms with Gasteiger partial charge in [0.05, 0.1) is 17.1 Å². The molecule has 0 saturated heterocycles. The predicted octanol–water partition coefficient (Wildman–Crippen LogP) is 5.63. The highest BCUT2D eigenvalue weighted by Gasteiger charge is 2.16. The molecule has 1 aliphatic carbocycles. The average molecular weight is 471 g/mol. The molecule has 0 amide bonds. The summed E-state index contributed by atoms with van der Waals surface area (Å²) in [5.74, 6) is 1.44. The predicted molar refractivity (Wildman–Crippen MR) is 118 cm³/mol. The van der Waals surface area contributed by atoms with E-state index in [4.69, 9.17) is 9.97 Å². The molecule has 27 heavy (non-hydrogen) atoms. The molecule has 0 bridgehead atoms. The quantitative estimate of drug-likeness (QED) is 0.473. The van der Waals surface area contributed by atoms with Crippen LogP contribution in [0.25, 0.3) is 11.4 Å². The van der Waals surface area contributed by atoms with Gasteiger partial charge in [-0.05, 0) is 59.7 Å². The highest BCUT2D eigenvalue weighted by molar-refractivity contribution is 14.1. The summed E-state index contributed by atoms with van der Waals surface area (Å²) in [6.45, 7) is 0. The van der Waals surface area contributed by atoms with Gasteiger partial charge in [0.2, 0.25) is 5.95 Å². The van der Waals surface area contributed by atoms with Gasteiger partial charge in [-0.3, -0.25) is 4.98 Å². The lowest BCUT2D eigenvalue weighted by atomic mass is 9.96. The van der Waals surface area contributed by atoms with E-state index in [9.17, 15) is 0 Å². The minimum absolute atomic E-state index is 0.447. The number of pyridine rings is 1. The number of nitrogens with one attached hydrogen (secondary N) is 2. The third kappa shape index (κ3) is 4.74. The number of aromatic nitrogens is 3. The second-order valence-electron chi connectivity index (χ2n) is 6.76. The molecule has 2 N–H and O–H groups in total. The number of rotatable bonds is 5. The molecule has 1 fully saturated rings. The largest absolute Gasteiger partial charge is 0.351 e. The summed E-state index contributed by atoms with van der Waals surface area (Å²) >= 11 is 2.33. The van der Waals surface area contributed by atoms with Gasteiger partial charge in [-0.1, -0.05) is 37.5 Å². The van der Waals surface area contributed by atoms with Crippen molar-refractivity contribution in [2.75, 3.05) is 10.6 Å². The van der Waals surface area contributed by atoms with Crippen LogP contribution in [0.1, 0.15) is 32.1 Å². The van der Waals surface area contributed by atoms with E-state index in [1.807, 2.05) is 36.4 Å². The SMILES string of the molecule is Ic1ccccc1Nc1cc(-c2ccccn2)nc(NC2CCCCC2)n1. The minimum atomic E-state index is 0.447. The normalized spacial score (nSPS) is 14.7. The summed E-state index contributed by atoms with van der Waals surface area (Å²) in [7, 11) is 0. The first-order chi connectivity index (χ1) is 13.3. The van der Waals surface area contributed by atoms with Crippen molar-refractivity contribution in [3.8, 4) is 11.4 Å². The molecule has 138 valence electrons. The number of hydrogen-bond acceptors (Lipinski definition) is 5. The van der Waals surface area contributed by atoms with Crippen LogP contribution in [0.4, 0.5) is 17.5 Å². The lowest BCUT2D eigenvalue weighted by molar-refractivity contribution is 0.461. The van der Waals surface area contributed by atoms with Crippen molar-refractivity contribution >= 4 is 40.0 Å². The van der Waals surface area contributed by atoms with Crippen LogP contribution in [0, 0.1) is 3.57 Å². The Labute approximate surface area is 173 Å². The highest BCUT2D eigenvalue weighted by atomic mass is 127.